The van der Waals surface area contributed by atoms with E-state index in [-0.39, 0.29) is 5.69 Å². The summed E-state index contributed by atoms with van der Waals surface area (Å²) in [5.41, 5.74) is 0.692. The Morgan fingerprint density at radius 1 is 1.05 bits per heavy atom. The third-order valence-electron chi connectivity index (χ3n) is 2.98. The second kappa shape index (κ2) is 5.96. The molecule has 22 heavy (non-hydrogen) atoms. The van der Waals surface area contributed by atoms with Gasteiger partial charge >= 0.3 is 0 Å². The third kappa shape index (κ3) is 3.38. The first-order chi connectivity index (χ1) is 10.2. The Bertz CT molecular complexity index is 793. The van der Waals surface area contributed by atoms with Gasteiger partial charge < -0.3 is 4.90 Å². The number of rotatable bonds is 4. The van der Waals surface area contributed by atoms with E-state index in [0.29, 0.717) is 6.07 Å². The van der Waals surface area contributed by atoms with E-state index in [0.717, 1.165) is 11.8 Å². The summed E-state index contributed by atoms with van der Waals surface area (Å²) < 4.78 is 53.3. The Labute approximate surface area is 129 Å². The van der Waals surface area contributed by atoms with Gasteiger partial charge in [-0.15, -0.1) is 0 Å². The van der Waals surface area contributed by atoms with Gasteiger partial charge in [0.15, 0.2) is 0 Å². The maximum atomic E-state index is 13.7. The molecule has 0 aliphatic carbocycles. The van der Waals surface area contributed by atoms with E-state index in [1.165, 1.54) is 12.1 Å². The SMILES string of the molecule is [B]c1cc(S(=O)(=O)Nc2ccc(N(C)C)cc2)c(F)cc1F. The zero-order valence-corrected chi connectivity index (χ0v) is 12.8. The lowest BCUT2D eigenvalue weighted by Crippen LogP contribution is -2.19. The van der Waals surface area contributed by atoms with Crippen LogP contribution in [0.15, 0.2) is 41.3 Å². The van der Waals surface area contributed by atoms with E-state index >= 15 is 0 Å². The second-order valence-corrected chi connectivity index (χ2v) is 6.50. The highest BCUT2D eigenvalue weighted by molar-refractivity contribution is 7.92. The zero-order valence-electron chi connectivity index (χ0n) is 12.0. The Morgan fingerprint density at radius 3 is 2.18 bits per heavy atom. The van der Waals surface area contributed by atoms with Crippen molar-refractivity contribution < 1.29 is 17.2 Å². The van der Waals surface area contributed by atoms with Crippen molar-refractivity contribution in [2.24, 2.45) is 0 Å². The van der Waals surface area contributed by atoms with Crippen molar-refractivity contribution in [3.05, 3.63) is 48.0 Å². The number of nitrogens with one attached hydrogen (secondary N) is 1. The van der Waals surface area contributed by atoms with Crippen LogP contribution in [-0.4, -0.2) is 30.4 Å². The Balaban J connectivity index is 2.33. The van der Waals surface area contributed by atoms with Gasteiger partial charge in [0, 0.05) is 31.5 Å². The number of anilines is 2. The minimum absolute atomic E-state index is 0.257. The van der Waals surface area contributed by atoms with Crippen LogP contribution in [0.25, 0.3) is 0 Å². The predicted octanol–water partition coefficient (Wildman–Crippen LogP) is 1.63. The van der Waals surface area contributed by atoms with E-state index in [1.807, 2.05) is 19.0 Å². The lowest BCUT2D eigenvalue weighted by Gasteiger charge is -2.14. The molecule has 0 amide bonds. The maximum absolute atomic E-state index is 13.7. The highest BCUT2D eigenvalue weighted by Gasteiger charge is 2.21. The predicted molar refractivity (Wildman–Crippen MR) is 83.3 cm³/mol. The van der Waals surface area contributed by atoms with Crippen molar-refractivity contribution in [3.63, 3.8) is 0 Å². The van der Waals surface area contributed by atoms with Crippen molar-refractivity contribution in [2.75, 3.05) is 23.7 Å². The minimum atomic E-state index is -4.20. The highest BCUT2D eigenvalue weighted by atomic mass is 32.2. The normalized spacial score (nSPS) is 11.3. The van der Waals surface area contributed by atoms with Crippen LogP contribution in [0.5, 0.6) is 0 Å². The molecule has 0 heterocycles. The van der Waals surface area contributed by atoms with Gasteiger partial charge in [0.25, 0.3) is 10.0 Å². The topological polar surface area (TPSA) is 49.4 Å². The first-order valence-corrected chi connectivity index (χ1v) is 7.74. The van der Waals surface area contributed by atoms with E-state index in [2.05, 4.69) is 4.72 Å². The van der Waals surface area contributed by atoms with Gasteiger partial charge in [0.2, 0.25) is 0 Å². The summed E-state index contributed by atoms with van der Waals surface area (Å²) in [5.74, 6) is -2.21. The molecular weight excluding hydrogens is 309 g/mol. The highest BCUT2D eigenvalue weighted by Crippen LogP contribution is 2.21. The first-order valence-electron chi connectivity index (χ1n) is 6.25. The molecule has 2 aromatic carbocycles. The molecule has 0 aromatic heterocycles. The fourth-order valence-electron chi connectivity index (χ4n) is 1.79. The molecule has 2 aromatic rings. The molecule has 0 aliphatic rings. The molecule has 8 heteroatoms. The summed E-state index contributed by atoms with van der Waals surface area (Å²) in [6.45, 7) is 0. The van der Waals surface area contributed by atoms with Crippen LogP contribution in [0.3, 0.4) is 0 Å². The molecule has 0 atom stereocenters. The number of halogens is 2. The molecule has 1 N–H and O–H groups in total. The molecule has 0 aliphatic heterocycles. The zero-order chi connectivity index (χ0) is 16.5. The van der Waals surface area contributed by atoms with Crippen LogP contribution in [0.4, 0.5) is 20.2 Å². The molecular formula is C14H13BF2N2O2S. The summed E-state index contributed by atoms with van der Waals surface area (Å²) in [4.78, 5) is 1.14. The van der Waals surface area contributed by atoms with Gasteiger partial charge in [0.05, 0.1) is 0 Å². The van der Waals surface area contributed by atoms with E-state index < -0.39 is 32.0 Å². The number of hydrogen-bond acceptors (Lipinski definition) is 3. The molecule has 4 nitrogen and oxygen atoms in total. The molecule has 0 spiro atoms. The minimum Gasteiger partial charge on any atom is -0.378 e. The van der Waals surface area contributed by atoms with E-state index in [1.54, 1.807) is 12.1 Å². The summed E-state index contributed by atoms with van der Waals surface area (Å²) in [5, 5.41) is 0. The van der Waals surface area contributed by atoms with Crippen LogP contribution >= 0.6 is 0 Å². The van der Waals surface area contributed by atoms with Gasteiger partial charge in [-0.1, -0.05) is 5.46 Å². The molecule has 0 unspecified atom stereocenters. The van der Waals surface area contributed by atoms with Gasteiger partial charge in [-0.3, -0.25) is 4.72 Å². The van der Waals surface area contributed by atoms with Crippen LogP contribution in [-0.2, 0) is 10.0 Å². The van der Waals surface area contributed by atoms with Gasteiger partial charge in [-0.2, -0.15) is 0 Å². The monoisotopic (exact) mass is 322 g/mol. The first kappa shape index (κ1) is 16.3. The van der Waals surface area contributed by atoms with Crippen LogP contribution < -0.4 is 15.1 Å². The quantitative estimate of drug-likeness (QED) is 0.871. The molecule has 0 bridgehead atoms. The lowest BCUT2D eigenvalue weighted by atomic mass is 9.96. The Hall–Kier alpha value is -2.09. The Morgan fingerprint density at radius 2 is 1.64 bits per heavy atom. The summed E-state index contributed by atoms with van der Waals surface area (Å²) in [7, 11) is 4.78. The van der Waals surface area contributed by atoms with Crippen molar-refractivity contribution in [2.45, 2.75) is 4.90 Å². The van der Waals surface area contributed by atoms with Gasteiger partial charge in [-0.05, 0) is 30.3 Å². The number of benzene rings is 2. The van der Waals surface area contributed by atoms with Gasteiger partial charge in [0.1, 0.15) is 24.4 Å². The van der Waals surface area contributed by atoms with Crippen molar-refractivity contribution >= 4 is 34.7 Å². The standard InChI is InChI=1S/C14H13BF2N2O2S/c1-19(2)10-5-3-9(4-6-10)18-22(20,21)14-7-11(15)12(16)8-13(14)17/h3-8,18H,1-2H3. The second-order valence-electron chi connectivity index (χ2n) is 4.85. The molecule has 0 saturated carbocycles. The smallest absolute Gasteiger partial charge is 0.264 e. The number of nitrogens with zero attached hydrogens (tertiary/aromatic N) is 1. The third-order valence-corrected chi connectivity index (χ3v) is 4.37. The average molecular weight is 322 g/mol. The van der Waals surface area contributed by atoms with Gasteiger partial charge in [-0.25, -0.2) is 17.2 Å². The van der Waals surface area contributed by atoms with Crippen molar-refractivity contribution in [3.8, 4) is 0 Å². The van der Waals surface area contributed by atoms with Crippen LogP contribution in [0.2, 0.25) is 0 Å². The maximum Gasteiger partial charge on any atom is 0.264 e. The molecule has 0 saturated heterocycles. The molecule has 0 fully saturated rings. The summed E-state index contributed by atoms with van der Waals surface area (Å²) in [6.07, 6.45) is 0. The number of hydrogen-bond donors (Lipinski definition) is 1. The Kier molecular flexibility index (Phi) is 4.41. The fraction of sp³-hybridized carbons (Fsp3) is 0.143. The summed E-state index contributed by atoms with van der Waals surface area (Å²) >= 11 is 0. The lowest BCUT2D eigenvalue weighted by molar-refractivity contribution is 0.554. The number of sulfonamides is 1. The molecule has 2 radical (unpaired) electrons. The average Bonchev–Trinajstić information content (AvgIpc) is 2.42. The van der Waals surface area contributed by atoms with Crippen LogP contribution in [0, 0.1) is 11.6 Å². The largest absolute Gasteiger partial charge is 0.378 e. The van der Waals surface area contributed by atoms with Crippen molar-refractivity contribution in [1.29, 1.82) is 0 Å². The molecule has 114 valence electrons. The molecule has 2 rings (SSSR count). The van der Waals surface area contributed by atoms with Crippen molar-refractivity contribution in [1.82, 2.24) is 0 Å². The summed E-state index contributed by atoms with van der Waals surface area (Å²) in [6, 6.07) is 7.68. The van der Waals surface area contributed by atoms with E-state index in [9.17, 15) is 17.2 Å². The van der Waals surface area contributed by atoms with Crippen LogP contribution in [0.1, 0.15) is 0 Å². The van der Waals surface area contributed by atoms with E-state index in [4.69, 9.17) is 7.85 Å². The fourth-order valence-corrected chi connectivity index (χ4v) is 2.94.